The van der Waals surface area contributed by atoms with Gasteiger partial charge in [-0.3, -0.25) is 9.59 Å². The summed E-state index contributed by atoms with van der Waals surface area (Å²) in [4.78, 5) is 32.8. The van der Waals surface area contributed by atoms with E-state index in [0.717, 1.165) is 11.5 Å². The summed E-state index contributed by atoms with van der Waals surface area (Å²) in [6.45, 7) is 2.38. The van der Waals surface area contributed by atoms with Gasteiger partial charge in [-0.05, 0) is 37.3 Å². The number of benzene rings is 1. The topological polar surface area (TPSA) is 146 Å². The van der Waals surface area contributed by atoms with E-state index in [1.807, 2.05) is 19.2 Å². The van der Waals surface area contributed by atoms with Crippen LogP contribution in [0.5, 0.6) is 0 Å². The molecule has 1 amide bonds. The molecule has 0 fully saturated rings. The first-order valence-corrected chi connectivity index (χ1v) is 12.0. The molecule has 192 valence electrons. The third kappa shape index (κ3) is 6.19. The number of hydrogen-bond acceptors (Lipinski definition) is 8. The summed E-state index contributed by atoms with van der Waals surface area (Å²) in [5, 5.41) is 26.2. The van der Waals surface area contributed by atoms with Crippen molar-refractivity contribution in [3.05, 3.63) is 64.5 Å². The first-order chi connectivity index (χ1) is 17.7. The first-order valence-electron chi connectivity index (χ1n) is 11.3. The third-order valence-corrected chi connectivity index (χ3v) is 5.94. The van der Waals surface area contributed by atoms with Crippen LogP contribution in [-0.2, 0) is 4.79 Å². The summed E-state index contributed by atoms with van der Waals surface area (Å²) in [6.07, 6.45) is 3.36. The molecule has 13 heteroatoms. The average molecular weight is 543 g/mol. The van der Waals surface area contributed by atoms with E-state index in [2.05, 4.69) is 31.3 Å². The SMILES string of the molecule is CNc1ccc(NCCNc2nc(-c3ccc(Cl)cc3Cl)cn3nc(C(=O)NC(C)C(=O)O)cc23)nc1. The first kappa shape index (κ1) is 26.0. The van der Waals surface area contributed by atoms with E-state index in [4.69, 9.17) is 33.3 Å². The highest BCUT2D eigenvalue weighted by molar-refractivity contribution is 6.36. The molecule has 0 aliphatic carbocycles. The second-order valence-electron chi connectivity index (χ2n) is 8.03. The number of aliphatic carboxylic acids is 1. The van der Waals surface area contributed by atoms with Crippen LogP contribution in [0.3, 0.4) is 0 Å². The second-order valence-corrected chi connectivity index (χ2v) is 8.87. The maximum Gasteiger partial charge on any atom is 0.325 e. The molecule has 5 N–H and O–H groups in total. The van der Waals surface area contributed by atoms with Crippen LogP contribution in [0.15, 0.2) is 48.8 Å². The molecule has 1 aromatic carbocycles. The number of pyridine rings is 1. The molecule has 11 nitrogen and oxygen atoms in total. The summed E-state index contributed by atoms with van der Waals surface area (Å²) < 4.78 is 1.50. The monoisotopic (exact) mass is 542 g/mol. The standard InChI is InChI=1S/C24H24Cl2N8O3/c1-13(24(36)37)31-23(35)18-10-20-22(29-8-7-28-21-6-4-15(27-2)11-30-21)32-19(12-34(20)33-18)16-5-3-14(25)9-17(16)26/h3-6,9-13,27H,7-8H2,1-2H3,(H,28,30)(H,29,32)(H,31,35)(H,36,37). The fraction of sp³-hybridized carbons (Fsp3) is 0.208. The number of carbonyl (C=O) groups excluding carboxylic acids is 1. The van der Waals surface area contributed by atoms with Gasteiger partial charge in [-0.1, -0.05) is 23.2 Å². The molecule has 37 heavy (non-hydrogen) atoms. The Morgan fingerprint density at radius 1 is 1.11 bits per heavy atom. The van der Waals surface area contributed by atoms with Crippen LogP contribution >= 0.6 is 23.2 Å². The Hall–Kier alpha value is -4.09. The summed E-state index contributed by atoms with van der Waals surface area (Å²) in [5.74, 6) is -0.588. The molecule has 4 rings (SSSR count). The van der Waals surface area contributed by atoms with Gasteiger partial charge in [0.1, 0.15) is 17.4 Å². The van der Waals surface area contributed by atoms with Gasteiger partial charge in [-0.2, -0.15) is 5.10 Å². The summed E-state index contributed by atoms with van der Waals surface area (Å²) in [6, 6.07) is 9.31. The Balaban J connectivity index is 1.61. The average Bonchev–Trinajstić information content (AvgIpc) is 3.31. The summed E-state index contributed by atoms with van der Waals surface area (Å²) in [7, 11) is 1.82. The fourth-order valence-corrected chi connectivity index (χ4v) is 3.92. The largest absolute Gasteiger partial charge is 0.480 e. The number of nitrogens with zero attached hydrogens (tertiary/aromatic N) is 4. The predicted octanol–water partition coefficient (Wildman–Crippen LogP) is 3.87. The molecule has 1 atom stereocenters. The zero-order chi connectivity index (χ0) is 26.5. The molecular weight excluding hydrogens is 519 g/mol. The highest BCUT2D eigenvalue weighted by atomic mass is 35.5. The van der Waals surface area contributed by atoms with E-state index in [1.54, 1.807) is 30.6 Å². The van der Waals surface area contributed by atoms with Crippen LogP contribution in [0.4, 0.5) is 17.3 Å². The number of rotatable bonds is 10. The molecule has 0 aliphatic rings. The fourth-order valence-electron chi connectivity index (χ4n) is 3.41. The number of fused-ring (bicyclic) bond motifs is 1. The van der Waals surface area contributed by atoms with Crippen LogP contribution in [-0.4, -0.2) is 62.7 Å². The zero-order valence-corrected chi connectivity index (χ0v) is 21.4. The van der Waals surface area contributed by atoms with Crippen molar-refractivity contribution in [1.82, 2.24) is 24.9 Å². The van der Waals surface area contributed by atoms with Crippen molar-refractivity contribution in [1.29, 1.82) is 0 Å². The minimum atomic E-state index is -1.15. The molecule has 0 saturated heterocycles. The highest BCUT2D eigenvalue weighted by Gasteiger charge is 2.20. The number of hydrogen-bond donors (Lipinski definition) is 5. The Labute approximate surface area is 222 Å². The van der Waals surface area contributed by atoms with Crippen LogP contribution in [0, 0.1) is 0 Å². The Kier molecular flexibility index (Phi) is 7.95. The maximum absolute atomic E-state index is 12.6. The number of amides is 1. The number of carboxylic acid groups (broad SMARTS) is 1. The lowest BCUT2D eigenvalue weighted by Gasteiger charge is -2.12. The van der Waals surface area contributed by atoms with Crippen LogP contribution in [0.2, 0.25) is 10.0 Å². The van der Waals surface area contributed by atoms with Gasteiger partial charge in [0.25, 0.3) is 5.91 Å². The van der Waals surface area contributed by atoms with Crippen molar-refractivity contribution >= 4 is 57.9 Å². The van der Waals surface area contributed by atoms with Crippen LogP contribution in [0.25, 0.3) is 16.8 Å². The molecular formula is C24H24Cl2N8O3. The van der Waals surface area contributed by atoms with Gasteiger partial charge in [0.2, 0.25) is 0 Å². The smallest absolute Gasteiger partial charge is 0.325 e. The van der Waals surface area contributed by atoms with Crippen molar-refractivity contribution < 1.29 is 14.7 Å². The molecule has 0 aliphatic heterocycles. The lowest BCUT2D eigenvalue weighted by Crippen LogP contribution is -2.38. The number of anilines is 3. The lowest BCUT2D eigenvalue weighted by molar-refractivity contribution is -0.138. The molecule has 3 aromatic heterocycles. The number of aromatic nitrogens is 4. The van der Waals surface area contributed by atoms with E-state index >= 15 is 0 Å². The van der Waals surface area contributed by atoms with E-state index in [-0.39, 0.29) is 5.69 Å². The van der Waals surface area contributed by atoms with Gasteiger partial charge in [-0.15, -0.1) is 0 Å². The van der Waals surface area contributed by atoms with Gasteiger partial charge >= 0.3 is 5.97 Å². The van der Waals surface area contributed by atoms with E-state index in [1.165, 1.54) is 17.5 Å². The van der Waals surface area contributed by atoms with Crippen molar-refractivity contribution in [2.75, 3.05) is 36.1 Å². The Morgan fingerprint density at radius 2 is 1.89 bits per heavy atom. The predicted molar refractivity (Wildman–Crippen MR) is 144 cm³/mol. The number of carboxylic acids is 1. The molecule has 0 bridgehead atoms. The van der Waals surface area contributed by atoms with Crippen molar-refractivity contribution in [3.8, 4) is 11.3 Å². The van der Waals surface area contributed by atoms with Gasteiger partial charge in [0.05, 0.1) is 28.8 Å². The zero-order valence-electron chi connectivity index (χ0n) is 19.9. The lowest BCUT2D eigenvalue weighted by atomic mass is 10.1. The van der Waals surface area contributed by atoms with E-state index < -0.39 is 17.9 Å². The van der Waals surface area contributed by atoms with Gasteiger partial charge in [0.15, 0.2) is 11.5 Å². The molecule has 0 saturated carbocycles. The Bertz CT molecular complexity index is 1440. The second kappa shape index (κ2) is 11.3. The van der Waals surface area contributed by atoms with Crippen molar-refractivity contribution in [3.63, 3.8) is 0 Å². The van der Waals surface area contributed by atoms with Crippen molar-refractivity contribution in [2.24, 2.45) is 0 Å². The molecule has 0 spiro atoms. The minimum Gasteiger partial charge on any atom is -0.480 e. The number of halogens is 2. The van der Waals surface area contributed by atoms with E-state index in [0.29, 0.717) is 45.7 Å². The van der Waals surface area contributed by atoms with Gasteiger partial charge in [0, 0.05) is 36.8 Å². The van der Waals surface area contributed by atoms with Gasteiger partial charge < -0.3 is 26.4 Å². The highest BCUT2D eigenvalue weighted by Crippen LogP contribution is 2.31. The Morgan fingerprint density at radius 3 is 2.57 bits per heavy atom. The molecule has 4 aromatic rings. The number of nitrogens with one attached hydrogen (secondary N) is 4. The maximum atomic E-state index is 12.6. The normalized spacial score (nSPS) is 11.7. The van der Waals surface area contributed by atoms with E-state index in [9.17, 15) is 9.59 Å². The third-order valence-electron chi connectivity index (χ3n) is 5.39. The van der Waals surface area contributed by atoms with Gasteiger partial charge in [-0.25, -0.2) is 14.5 Å². The van der Waals surface area contributed by atoms with Crippen LogP contribution < -0.4 is 21.3 Å². The number of carbonyl (C=O) groups is 2. The molecule has 0 radical (unpaired) electrons. The quantitative estimate of drug-likeness (QED) is 0.188. The van der Waals surface area contributed by atoms with Crippen LogP contribution in [0.1, 0.15) is 17.4 Å². The summed E-state index contributed by atoms with van der Waals surface area (Å²) >= 11 is 12.5. The van der Waals surface area contributed by atoms with Crippen molar-refractivity contribution in [2.45, 2.75) is 13.0 Å². The summed E-state index contributed by atoms with van der Waals surface area (Å²) in [5.41, 5.74) is 2.61. The molecule has 3 heterocycles. The molecule has 1 unspecified atom stereocenters. The minimum absolute atomic E-state index is 0.0456.